The number of nitrogens with two attached hydrogens (primary N) is 1. The zero-order valence-electron chi connectivity index (χ0n) is 15.5. The summed E-state index contributed by atoms with van der Waals surface area (Å²) in [5.74, 6) is -3.11. The van der Waals surface area contributed by atoms with Gasteiger partial charge in [-0.15, -0.1) is 0 Å². The molecule has 2 N–H and O–H groups in total. The number of alkyl halides is 3. The highest BCUT2D eigenvalue weighted by atomic mass is 19.4. The molecule has 0 bridgehead atoms. The van der Waals surface area contributed by atoms with Gasteiger partial charge in [0.15, 0.2) is 11.9 Å². The van der Waals surface area contributed by atoms with Crippen molar-refractivity contribution in [3.05, 3.63) is 16.7 Å². The lowest BCUT2D eigenvalue weighted by Crippen LogP contribution is -2.35. The first kappa shape index (κ1) is 20.8. The van der Waals surface area contributed by atoms with Crippen molar-refractivity contribution in [2.75, 3.05) is 5.73 Å². The maximum Gasteiger partial charge on any atom is 0.452 e. The highest BCUT2D eigenvalue weighted by Crippen LogP contribution is 2.36. The SMILES string of the molecule is CCCn1c(=O)n(C2OC(C(=O)C(F)(F)F)CC2OC(C)=O)c2nc(N)ncc21. The minimum absolute atomic E-state index is 0.00166. The molecule has 29 heavy (non-hydrogen) atoms. The van der Waals surface area contributed by atoms with Gasteiger partial charge in [-0.1, -0.05) is 6.92 Å². The van der Waals surface area contributed by atoms with Gasteiger partial charge >= 0.3 is 17.8 Å². The molecule has 0 spiro atoms. The summed E-state index contributed by atoms with van der Waals surface area (Å²) in [5, 5.41) is 0. The first-order valence-corrected chi connectivity index (χ1v) is 8.71. The number of Topliss-reactive ketones (excluding diaryl/α,β-unsaturated/α-hetero) is 1. The number of halogens is 3. The quantitative estimate of drug-likeness (QED) is 0.711. The third-order valence-corrected chi connectivity index (χ3v) is 4.38. The number of aromatic nitrogens is 4. The van der Waals surface area contributed by atoms with E-state index in [2.05, 4.69) is 9.97 Å². The van der Waals surface area contributed by atoms with E-state index in [1.807, 2.05) is 6.92 Å². The minimum atomic E-state index is -5.14. The van der Waals surface area contributed by atoms with Crippen LogP contribution >= 0.6 is 0 Å². The number of fused-ring (bicyclic) bond motifs is 1. The van der Waals surface area contributed by atoms with Crippen LogP contribution in [0.5, 0.6) is 0 Å². The van der Waals surface area contributed by atoms with Crippen LogP contribution in [0.4, 0.5) is 19.1 Å². The molecule has 1 fully saturated rings. The molecule has 0 radical (unpaired) electrons. The number of nitrogens with zero attached hydrogens (tertiary/aromatic N) is 4. The average Bonchev–Trinajstić information content (AvgIpc) is 3.12. The molecule has 1 saturated heterocycles. The van der Waals surface area contributed by atoms with Crippen molar-refractivity contribution in [3.63, 3.8) is 0 Å². The van der Waals surface area contributed by atoms with Gasteiger partial charge < -0.3 is 15.2 Å². The van der Waals surface area contributed by atoms with E-state index in [1.54, 1.807) is 0 Å². The molecule has 0 aliphatic carbocycles. The molecular weight excluding hydrogens is 399 g/mol. The first-order chi connectivity index (χ1) is 13.5. The monoisotopic (exact) mass is 417 g/mol. The fourth-order valence-corrected chi connectivity index (χ4v) is 3.28. The van der Waals surface area contributed by atoms with Crippen molar-refractivity contribution in [2.45, 2.75) is 57.8 Å². The summed E-state index contributed by atoms with van der Waals surface area (Å²) in [6, 6.07) is 0. The number of hydrogen-bond acceptors (Lipinski definition) is 8. The maximum atomic E-state index is 13.0. The molecule has 0 aromatic carbocycles. The number of carbonyl (C=O) groups is 2. The van der Waals surface area contributed by atoms with E-state index in [1.165, 1.54) is 10.8 Å². The van der Waals surface area contributed by atoms with E-state index < -0.39 is 48.5 Å². The molecule has 3 unspecified atom stereocenters. The lowest BCUT2D eigenvalue weighted by Gasteiger charge is -2.19. The number of ketones is 1. The van der Waals surface area contributed by atoms with Gasteiger partial charge in [-0.2, -0.15) is 18.2 Å². The maximum absolute atomic E-state index is 13.0. The number of aryl methyl sites for hydroxylation is 1. The number of anilines is 1. The Morgan fingerprint density at radius 3 is 2.69 bits per heavy atom. The Morgan fingerprint density at radius 1 is 1.41 bits per heavy atom. The van der Waals surface area contributed by atoms with Crippen LogP contribution in [0.25, 0.3) is 11.2 Å². The van der Waals surface area contributed by atoms with Crippen molar-refractivity contribution in [2.24, 2.45) is 0 Å². The van der Waals surface area contributed by atoms with Gasteiger partial charge in [0.05, 0.1) is 6.20 Å². The number of carbonyl (C=O) groups excluding carboxylic acids is 2. The Hall–Kier alpha value is -2.96. The number of hydrogen-bond donors (Lipinski definition) is 1. The van der Waals surface area contributed by atoms with Crippen molar-refractivity contribution in [3.8, 4) is 0 Å². The number of ether oxygens (including phenoxy) is 2. The molecule has 1 aliphatic heterocycles. The van der Waals surface area contributed by atoms with E-state index in [-0.39, 0.29) is 23.7 Å². The van der Waals surface area contributed by atoms with Crippen LogP contribution in [0.15, 0.2) is 11.0 Å². The number of rotatable bonds is 5. The highest BCUT2D eigenvalue weighted by Gasteiger charge is 2.51. The van der Waals surface area contributed by atoms with Crippen LogP contribution < -0.4 is 11.4 Å². The molecule has 0 saturated carbocycles. The van der Waals surface area contributed by atoms with Gasteiger partial charge in [0.25, 0.3) is 5.78 Å². The molecule has 3 heterocycles. The Kier molecular flexibility index (Phi) is 5.34. The molecule has 10 nitrogen and oxygen atoms in total. The van der Waals surface area contributed by atoms with Gasteiger partial charge in [-0.05, 0) is 6.42 Å². The molecule has 0 amide bonds. The lowest BCUT2D eigenvalue weighted by molar-refractivity contribution is -0.183. The van der Waals surface area contributed by atoms with Crippen LogP contribution in [0.1, 0.15) is 32.9 Å². The summed E-state index contributed by atoms with van der Waals surface area (Å²) in [6.07, 6.45) is -8.56. The van der Waals surface area contributed by atoms with Gasteiger partial charge in [0, 0.05) is 19.9 Å². The molecule has 3 rings (SSSR count). The van der Waals surface area contributed by atoms with Crippen molar-refractivity contribution in [1.29, 1.82) is 0 Å². The zero-order chi connectivity index (χ0) is 21.5. The van der Waals surface area contributed by atoms with Crippen molar-refractivity contribution >= 4 is 28.9 Å². The largest absolute Gasteiger partial charge is 0.458 e. The van der Waals surface area contributed by atoms with Gasteiger partial charge in [0.2, 0.25) is 5.95 Å². The summed E-state index contributed by atoms with van der Waals surface area (Å²) < 4.78 is 51.2. The number of esters is 1. The lowest BCUT2D eigenvalue weighted by atomic mass is 10.1. The number of nitrogen functional groups attached to an aromatic ring is 1. The standard InChI is InChI=1S/C16H18F3N5O5/c1-3-4-23-8-6-21-14(20)22-12(8)24(15(23)27)13-10(28-7(2)25)5-9(29-13)11(26)16(17,18)19/h6,9-10,13H,3-5H2,1-2H3,(H2,20,21,22). The fraction of sp³-hybridized carbons (Fsp3) is 0.562. The van der Waals surface area contributed by atoms with Gasteiger partial charge in [-0.25, -0.2) is 14.3 Å². The van der Waals surface area contributed by atoms with Crippen LogP contribution in [-0.2, 0) is 25.6 Å². The molecule has 158 valence electrons. The second-order valence-corrected chi connectivity index (χ2v) is 6.50. The Bertz CT molecular complexity index is 1010. The molecule has 3 atom stereocenters. The molecular formula is C16H18F3N5O5. The zero-order valence-corrected chi connectivity index (χ0v) is 15.5. The Labute approximate surface area is 161 Å². The second kappa shape index (κ2) is 7.46. The van der Waals surface area contributed by atoms with Crippen LogP contribution in [0.2, 0.25) is 0 Å². The molecule has 2 aromatic rings. The van der Waals surface area contributed by atoms with E-state index in [0.29, 0.717) is 6.42 Å². The van der Waals surface area contributed by atoms with Crippen LogP contribution in [0, 0.1) is 0 Å². The molecule has 13 heteroatoms. The Morgan fingerprint density at radius 2 is 2.10 bits per heavy atom. The van der Waals surface area contributed by atoms with E-state index in [4.69, 9.17) is 15.2 Å². The molecule has 2 aromatic heterocycles. The first-order valence-electron chi connectivity index (χ1n) is 8.71. The normalized spacial score (nSPS) is 22.2. The molecule has 1 aliphatic rings. The predicted octanol–water partition coefficient (Wildman–Crippen LogP) is 0.936. The summed E-state index contributed by atoms with van der Waals surface area (Å²) >= 11 is 0. The highest BCUT2D eigenvalue weighted by molar-refractivity contribution is 5.88. The third-order valence-electron chi connectivity index (χ3n) is 4.38. The summed E-state index contributed by atoms with van der Waals surface area (Å²) in [5.41, 5.74) is 5.21. The van der Waals surface area contributed by atoms with Gasteiger partial charge in [0.1, 0.15) is 17.7 Å². The third kappa shape index (κ3) is 3.81. The minimum Gasteiger partial charge on any atom is -0.458 e. The van der Waals surface area contributed by atoms with E-state index in [9.17, 15) is 27.6 Å². The summed E-state index contributed by atoms with van der Waals surface area (Å²) in [7, 11) is 0. The number of imidazole rings is 1. The smallest absolute Gasteiger partial charge is 0.452 e. The fourth-order valence-electron chi connectivity index (χ4n) is 3.28. The summed E-state index contributed by atoms with van der Waals surface area (Å²) in [6.45, 7) is 3.14. The predicted molar refractivity (Wildman–Crippen MR) is 91.6 cm³/mol. The summed E-state index contributed by atoms with van der Waals surface area (Å²) in [4.78, 5) is 43.9. The van der Waals surface area contributed by atoms with Crippen molar-refractivity contribution in [1.82, 2.24) is 19.1 Å². The van der Waals surface area contributed by atoms with E-state index in [0.717, 1.165) is 11.5 Å². The van der Waals surface area contributed by atoms with Crippen LogP contribution in [0.3, 0.4) is 0 Å². The van der Waals surface area contributed by atoms with Crippen molar-refractivity contribution < 1.29 is 32.2 Å². The average molecular weight is 417 g/mol. The van der Waals surface area contributed by atoms with Gasteiger partial charge in [-0.3, -0.25) is 14.2 Å². The van der Waals surface area contributed by atoms with Crippen LogP contribution in [-0.4, -0.2) is 49.2 Å². The Balaban J connectivity index is 2.13. The van der Waals surface area contributed by atoms with E-state index >= 15 is 0 Å². The topological polar surface area (TPSA) is 131 Å². The second-order valence-electron chi connectivity index (χ2n) is 6.50.